The van der Waals surface area contributed by atoms with Crippen LogP contribution < -0.4 is 5.32 Å². The van der Waals surface area contributed by atoms with Crippen molar-refractivity contribution in [1.82, 2.24) is 15.1 Å². The predicted molar refractivity (Wildman–Crippen MR) is 153 cm³/mol. The number of piperidine rings is 1. The van der Waals surface area contributed by atoms with Crippen LogP contribution in [-0.4, -0.2) is 83.8 Å². The summed E-state index contributed by atoms with van der Waals surface area (Å²) in [6.45, 7) is 4.83. The number of aliphatic hydroxyl groups is 1. The number of phenols is 1. The molecule has 2 fully saturated rings. The van der Waals surface area contributed by atoms with Gasteiger partial charge in [-0.1, -0.05) is 24.3 Å². The van der Waals surface area contributed by atoms with Gasteiger partial charge in [0, 0.05) is 61.8 Å². The lowest BCUT2D eigenvalue weighted by atomic mass is 9.65. The molecule has 2 atom stereocenters. The molecule has 3 N–H and O–H groups in total. The third-order valence-corrected chi connectivity index (χ3v) is 8.60. The van der Waals surface area contributed by atoms with Gasteiger partial charge in [0.25, 0.3) is 0 Å². The van der Waals surface area contributed by atoms with Gasteiger partial charge in [-0.05, 0) is 68.8 Å². The monoisotopic (exact) mass is 561 g/mol. The number of Topliss-reactive ketones (excluding diaryl/α,β-unsaturated/α-hetero) is 2. The number of halogens is 1. The Morgan fingerprint density at radius 1 is 1.05 bits per heavy atom. The van der Waals surface area contributed by atoms with Crippen molar-refractivity contribution in [3.63, 3.8) is 0 Å². The molecule has 216 valence electrons. The van der Waals surface area contributed by atoms with Crippen molar-refractivity contribution in [3.8, 4) is 5.75 Å². The Hall–Kier alpha value is -3.82. The van der Waals surface area contributed by atoms with Crippen LogP contribution in [0.2, 0.25) is 0 Å². The number of carbonyl (C=O) groups excluding carboxylic acids is 3. The number of carbonyl (C=O) groups is 3. The molecule has 0 aromatic heterocycles. The highest BCUT2D eigenvalue weighted by molar-refractivity contribution is 6.19. The minimum Gasteiger partial charge on any atom is -0.508 e. The fourth-order valence-corrected chi connectivity index (χ4v) is 6.20. The molecule has 8 nitrogen and oxygen atoms in total. The maximum absolute atomic E-state index is 14.7. The number of hydrogen-bond donors (Lipinski definition) is 3. The highest BCUT2D eigenvalue weighted by Crippen LogP contribution is 2.46. The Morgan fingerprint density at radius 2 is 1.78 bits per heavy atom. The lowest BCUT2D eigenvalue weighted by Crippen LogP contribution is -2.56. The van der Waals surface area contributed by atoms with E-state index in [4.69, 9.17) is 0 Å². The second-order valence-electron chi connectivity index (χ2n) is 11.3. The SMILES string of the molecule is Cc1c(F)cccc1C1=C(C(=O)c2cccc(O)c2)CC(C(=O)C2CCCNC2)(C(=O)N2CCN(C)CC2)C=C1O. The largest absolute Gasteiger partial charge is 0.508 e. The van der Waals surface area contributed by atoms with Crippen molar-refractivity contribution in [2.24, 2.45) is 11.3 Å². The third kappa shape index (κ3) is 5.44. The number of aliphatic hydroxyl groups excluding tert-OH is 1. The number of phenolic OH excluding ortho intramolecular Hbond substituents is 1. The second-order valence-corrected chi connectivity index (χ2v) is 11.3. The molecule has 0 spiro atoms. The van der Waals surface area contributed by atoms with Gasteiger partial charge in [0.2, 0.25) is 5.91 Å². The summed E-state index contributed by atoms with van der Waals surface area (Å²) >= 11 is 0. The Morgan fingerprint density at radius 3 is 2.46 bits per heavy atom. The number of hydrogen-bond acceptors (Lipinski definition) is 7. The molecule has 1 aliphatic carbocycles. The zero-order valence-corrected chi connectivity index (χ0v) is 23.5. The van der Waals surface area contributed by atoms with Crippen LogP contribution in [0.5, 0.6) is 5.75 Å². The van der Waals surface area contributed by atoms with E-state index in [0.29, 0.717) is 44.7 Å². The van der Waals surface area contributed by atoms with Crippen molar-refractivity contribution in [2.45, 2.75) is 26.2 Å². The zero-order valence-electron chi connectivity index (χ0n) is 23.5. The summed E-state index contributed by atoms with van der Waals surface area (Å²) in [5.41, 5.74) is -1.03. The number of ketones is 2. The first kappa shape index (κ1) is 28.7. The Labute approximate surface area is 239 Å². The lowest BCUT2D eigenvalue weighted by Gasteiger charge is -2.42. The number of benzene rings is 2. The van der Waals surface area contributed by atoms with Gasteiger partial charge in [-0.25, -0.2) is 4.39 Å². The van der Waals surface area contributed by atoms with E-state index >= 15 is 0 Å². The van der Waals surface area contributed by atoms with Crippen LogP contribution >= 0.6 is 0 Å². The van der Waals surface area contributed by atoms with E-state index in [1.54, 1.807) is 17.9 Å². The molecule has 3 aliphatic rings. The van der Waals surface area contributed by atoms with E-state index < -0.39 is 34.6 Å². The minimum absolute atomic E-state index is 0.0314. The van der Waals surface area contributed by atoms with E-state index in [9.17, 15) is 29.0 Å². The number of allylic oxidation sites excluding steroid dienone is 2. The molecule has 5 rings (SSSR count). The highest BCUT2D eigenvalue weighted by atomic mass is 19.1. The first-order valence-electron chi connectivity index (χ1n) is 14.1. The highest BCUT2D eigenvalue weighted by Gasteiger charge is 2.53. The number of nitrogens with zero attached hydrogens (tertiary/aromatic N) is 2. The Bertz CT molecular complexity index is 1440. The molecular formula is C32H36FN3O5. The van der Waals surface area contributed by atoms with Gasteiger partial charge < -0.3 is 25.3 Å². The first-order chi connectivity index (χ1) is 19.6. The van der Waals surface area contributed by atoms with Crippen LogP contribution in [0.4, 0.5) is 4.39 Å². The molecular weight excluding hydrogens is 525 g/mol. The molecule has 0 radical (unpaired) electrons. The summed E-state index contributed by atoms with van der Waals surface area (Å²) in [5.74, 6) is -2.85. The van der Waals surface area contributed by atoms with Crippen LogP contribution in [0.1, 0.15) is 40.7 Å². The van der Waals surface area contributed by atoms with Crippen molar-refractivity contribution >= 4 is 23.0 Å². The molecule has 2 aromatic carbocycles. The molecule has 2 unspecified atom stereocenters. The van der Waals surface area contributed by atoms with Gasteiger partial charge in [0.1, 0.15) is 22.7 Å². The number of amides is 1. The summed E-state index contributed by atoms with van der Waals surface area (Å²) in [7, 11) is 1.96. The van der Waals surface area contributed by atoms with Crippen molar-refractivity contribution < 1.29 is 29.0 Å². The molecule has 41 heavy (non-hydrogen) atoms. The van der Waals surface area contributed by atoms with E-state index in [1.165, 1.54) is 42.5 Å². The maximum atomic E-state index is 14.7. The second kappa shape index (κ2) is 11.6. The van der Waals surface area contributed by atoms with Crippen LogP contribution in [-0.2, 0) is 9.59 Å². The van der Waals surface area contributed by atoms with Crippen LogP contribution in [0, 0.1) is 24.1 Å². The zero-order chi connectivity index (χ0) is 29.3. The third-order valence-electron chi connectivity index (χ3n) is 8.60. The van der Waals surface area contributed by atoms with E-state index in [-0.39, 0.29) is 40.2 Å². The quantitative estimate of drug-likeness (QED) is 0.365. The summed E-state index contributed by atoms with van der Waals surface area (Å²) in [6.07, 6.45) is 2.39. The van der Waals surface area contributed by atoms with Crippen molar-refractivity contribution in [1.29, 1.82) is 0 Å². The first-order valence-corrected chi connectivity index (χ1v) is 14.1. The van der Waals surface area contributed by atoms with Gasteiger partial charge in [-0.3, -0.25) is 14.4 Å². The van der Waals surface area contributed by atoms with Crippen molar-refractivity contribution in [3.05, 3.63) is 82.4 Å². The summed E-state index contributed by atoms with van der Waals surface area (Å²) in [6, 6.07) is 10.2. The molecule has 2 heterocycles. The smallest absolute Gasteiger partial charge is 0.240 e. The summed E-state index contributed by atoms with van der Waals surface area (Å²) < 4.78 is 14.7. The fourth-order valence-electron chi connectivity index (χ4n) is 6.20. The Kier molecular flexibility index (Phi) is 8.11. The molecule has 9 heteroatoms. The minimum atomic E-state index is -1.81. The number of nitrogens with one attached hydrogen (secondary N) is 1. The van der Waals surface area contributed by atoms with Gasteiger partial charge in [-0.15, -0.1) is 0 Å². The number of aromatic hydroxyl groups is 1. The molecule has 2 aromatic rings. The Balaban J connectivity index is 1.70. The van der Waals surface area contributed by atoms with Gasteiger partial charge >= 0.3 is 0 Å². The number of likely N-dealkylation sites (N-methyl/N-ethyl adjacent to an activating group) is 1. The number of piperazine rings is 1. The summed E-state index contributed by atoms with van der Waals surface area (Å²) in [5, 5.41) is 25.0. The lowest BCUT2D eigenvalue weighted by molar-refractivity contribution is -0.149. The average Bonchev–Trinajstić information content (AvgIpc) is 2.98. The molecule has 2 aliphatic heterocycles. The van der Waals surface area contributed by atoms with Gasteiger partial charge in [-0.2, -0.15) is 0 Å². The van der Waals surface area contributed by atoms with E-state index in [2.05, 4.69) is 10.2 Å². The predicted octanol–water partition coefficient (Wildman–Crippen LogP) is 3.65. The standard InChI is InChI=1S/C32H36FN3O5/c1-20-24(9-4-10-26(20)33)28-25(29(39)21-6-3-8-23(37)16-21)17-32(18-27(28)38,30(40)22-7-5-11-34-19-22)31(41)36-14-12-35(2)13-15-36/h3-4,6,8-10,16,18,22,34,37-38H,5,7,11-15,17,19H2,1-2H3. The van der Waals surface area contributed by atoms with Crippen LogP contribution in [0.15, 0.2) is 59.9 Å². The van der Waals surface area contributed by atoms with Crippen LogP contribution in [0.25, 0.3) is 5.57 Å². The molecule has 0 saturated carbocycles. The molecule has 1 amide bonds. The average molecular weight is 562 g/mol. The van der Waals surface area contributed by atoms with Gasteiger partial charge in [0.15, 0.2) is 11.6 Å². The molecule has 2 saturated heterocycles. The maximum Gasteiger partial charge on any atom is 0.240 e. The van der Waals surface area contributed by atoms with Gasteiger partial charge in [0.05, 0.1) is 0 Å². The van der Waals surface area contributed by atoms with Crippen LogP contribution in [0.3, 0.4) is 0 Å². The van der Waals surface area contributed by atoms with E-state index in [0.717, 1.165) is 13.0 Å². The number of rotatable bonds is 6. The fraction of sp³-hybridized carbons (Fsp3) is 0.406. The normalized spacial score (nSPS) is 23.7. The molecule has 0 bridgehead atoms. The van der Waals surface area contributed by atoms with Crippen molar-refractivity contribution in [2.75, 3.05) is 46.3 Å². The van der Waals surface area contributed by atoms with E-state index in [1.807, 2.05) is 7.05 Å². The topological polar surface area (TPSA) is 110 Å². The summed E-state index contributed by atoms with van der Waals surface area (Å²) in [4.78, 5) is 46.7.